The number of halogens is 1. The summed E-state index contributed by atoms with van der Waals surface area (Å²) >= 11 is 0. The Morgan fingerprint density at radius 3 is 1.61 bits per heavy atom. The SMILES string of the molecule is CCCCCCCCCCCCCC[N+]1(C(=O)CCCCCCCCC)CCc2ccccc2C1.[Cl-]. The highest BCUT2D eigenvalue weighted by Crippen LogP contribution is 2.28. The summed E-state index contributed by atoms with van der Waals surface area (Å²) in [6.07, 6.45) is 27.4. The number of quaternary nitrogens is 1. The minimum atomic E-state index is 0. The molecule has 0 N–H and O–H groups in total. The molecule has 0 bridgehead atoms. The van der Waals surface area contributed by atoms with Gasteiger partial charge in [-0.2, -0.15) is 0 Å². The van der Waals surface area contributed by atoms with E-state index in [1.807, 2.05) is 0 Å². The fraction of sp³-hybridized carbons (Fsp3) is 0.788. The number of unbranched alkanes of at least 4 members (excludes halogenated alkanes) is 17. The van der Waals surface area contributed by atoms with Crippen molar-refractivity contribution in [3.63, 3.8) is 0 Å². The van der Waals surface area contributed by atoms with Gasteiger partial charge in [0, 0.05) is 12.0 Å². The summed E-state index contributed by atoms with van der Waals surface area (Å²) in [5.74, 6) is 0.524. The molecule has 0 fully saturated rings. The number of hydrogen-bond donors (Lipinski definition) is 0. The summed E-state index contributed by atoms with van der Waals surface area (Å²) in [4.78, 5) is 13.6. The van der Waals surface area contributed by atoms with Gasteiger partial charge in [0.15, 0.2) is 0 Å². The van der Waals surface area contributed by atoms with E-state index in [9.17, 15) is 4.79 Å². The van der Waals surface area contributed by atoms with E-state index in [1.165, 1.54) is 127 Å². The van der Waals surface area contributed by atoms with Crippen molar-refractivity contribution < 1.29 is 21.7 Å². The minimum absolute atomic E-state index is 0. The Morgan fingerprint density at radius 2 is 1.08 bits per heavy atom. The van der Waals surface area contributed by atoms with E-state index >= 15 is 0 Å². The highest BCUT2D eigenvalue weighted by molar-refractivity contribution is 5.69. The predicted octanol–water partition coefficient (Wildman–Crippen LogP) is 6.93. The Bertz CT molecular complexity index is 675. The second kappa shape index (κ2) is 21.1. The first-order valence-electron chi connectivity index (χ1n) is 15.7. The van der Waals surface area contributed by atoms with Gasteiger partial charge in [0.25, 0.3) is 0 Å². The normalized spacial score (nSPS) is 16.9. The standard InChI is InChI=1S/C33H58NO.ClH/c1-3-5-7-9-11-12-13-14-15-17-19-23-28-34(29-27-31-24-21-22-25-32(31)30-34)33(35)26-20-18-16-10-8-6-4-2;/h21-22,24-25H,3-20,23,26-30H2,1-2H3;1H/q+1;/p-1. The van der Waals surface area contributed by atoms with Crippen LogP contribution in [0.4, 0.5) is 0 Å². The molecule has 0 aromatic heterocycles. The second-order valence-electron chi connectivity index (χ2n) is 11.4. The van der Waals surface area contributed by atoms with Crippen LogP contribution < -0.4 is 12.4 Å². The lowest BCUT2D eigenvalue weighted by molar-refractivity contribution is -0.870. The summed E-state index contributed by atoms with van der Waals surface area (Å²) in [6, 6.07) is 8.85. The maximum Gasteiger partial charge on any atom is 0.313 e. The molecule has 1 amide bonds. The first kappa shape index (κ1) is 33.2. The van der Waals surface area contributed by atoms with Crippen molar-refractivity contribution in [2.45, 2.75) is 155 Å². The number of carbonyl (C=O) groups is 1. The largest absolute Gasteiger partial charge is 1.00 e. The maximum atomic E-state index is 13.6. The molecule has 2 nitrogen and oxygen atoms in total. The average Bonchev–Trinajstić information content (AvgIpc) is 2.88. The third-order valence-electron chi connectivity index (χ3n) is 8.36. The van der Waals surface area contributed by atoms with Crippen LogP contribution in [0.1, 0.15) is 153 Å². The maximum absolute atomic E-state index is 13.6. The molecular formula is C33H58ClNO. The first-order chi connectivity index (χ1) is 17.2. The molecule has 3 heteroatoms. The van der Waals surface area contributed by atoms with Crippen molar-refractivity contribution >= 4 is 5.91 Å². The van der Waals surface area contributed by atoms with Crippen LogP contribution in [-0.4, -0.2) is 23.5 Å². The number of carbonyl (C=O) groups excluding carboxylic acids is 1. The Hall–Kier alpha value is -0.860. The smallest absolute Gasteiger partial charge is 0.313 e. The highest BCUT2D eigenvalue weighted by atomic mass is 35.5. The van der Waals surface area contributed by atoms with Gasteiger partial charge in [0.2, 0.25) is 0 Å². The monoisotopic (exact) mass is 519 g/mol. The summed E-state index contributed by atoms with van der Waals surface area (Å²) in [7, 11) is 0. The molecule has 0 saturated carbocycles. The molecule has 0 aliphatic carbocycles. The van der Waals surface area contributed by atoms with Gasteiger partial charge in [-0.15, -0.1) is 0 Å². The van der Waals surface area contributed by atoms with Crippen molar-refractivity contribution in [3.05, 3.63) is 35.4 Å². The molecule has 36 heavy (non-hydrogen) atoms. The Balaban J connectivity index is 0.00000648. The summed E-state index contributed by atoms with van der Waals surface area (Å²) < 4.78 is 0.727. The van der Waals surface area contributed by atoms with Gasteiger partial charge in [0.1, 0.15) is 6.54 Å². The third-order valence-corrected chi connectivity index (χ3v) is 8.36. The van der Waals surface area contributed by atoms with E-state index in [4.69, 9.17) is 0 Å². The lowest BCUT2D eigenvalue weighted by Gasteiger charge is -2.40. The van der Waals surface area contributed by atoms with Gasteiger partial charge in [-0.1, -0.05) is 141 Å². The fourth-order valence-electron chi connectivity index (χ4n) is 5.95. The van der Waals surface area contributed by atoms with Gasteiger partial charge >= 0.3 is 5.91 Å². The Kier molecular flexibility index (Phi) is 19.5. The Labute approximate surface area is 231 Å². The van der Waals surface area contributed by atoms with Crippen LogP contribution in [0.25, 0.3) is 0 Å². The van der Waals surface area contributed by atoms with Gasteiger partial charge in [-0.25, -0.2) is 4.79 Å². The van der Waals surface area contributed by atoms with Crippen LogP contribution in [-0.2, 0) is 17.8 Å². The zero-order valence-electron chi connectivity index (χ0n) is 24.0. The first-order valence-corrected chi connectivity index (χ1v) is 15.7. The second-order valence-corrected chi connectivity index (χ2v) is 11.4. The quantitative estimate of drug-likeness (QED) is 0.127. The topological polar surface area (TPSA) is 17.1 Å². The number of amides is 1. The molecular weight excluding hydrogens is 462 g/mol. The van der Waals surface area contributed by atoms with E-state index in [0.29, 0.717) is 5.91 Å². The number of rotatable bonds is 21. The zero-order valence-corrected chi connectivity index (χ0v) is 24.8. The number of benzene rings is 1. The minimum Gasteiger partial charge on any atom is -1.00 e. The van der Waals surface area contributed by atoms with Crippen molar-refractivity contribution in [2.24, 2.45) is 0 Å². The van der Waals surface area contributed by atoms with Crippen molar-refractivity contribution in [2.75, 3.05) is 13.1 Å². The molecule has 208 valence electrons. The van der Waals surface area contributed by atoms with E-state index in [2.05, 4.69) is 38.1 Å². The van der Waals surface area contributed by atoms with Crippen molar-refractivity contribution in [3.8, 4) is 0 Å². The molecule has 1 atom stereocenters. The lowest BCUT2D eigenvalue weighted by atomic mass is 9.95. The molecule has 0 radical (unpaired) electrons. The van der Waals surface area contributed by atoms with E-state index in [0.717, 1.165) is 43.4 Å². The van der Waals surface area contributed by atoms with E-state index in [1.54, 1.807) is 0 Å². The summed E-state index contributed by atoms with van der Waals surface area (Å²) in [5, 5.41) is 0. The van der Waals surface area contributed by atoms with Crippen LogP contribution in [0.2, 0.25) is 0 Å². The van der Waals surface area contributed by atoms with Crippen LogP contribution >= 0.6 is 0 Å². The molecule has 0 spiro atoms. The molecule has 1 unspecified atom stereocenters. The molecule has 1 aliphatic heterocycles. The summed E-state index contributed by atoms with van der Waals surface area (Å²) in [6.45, 7) is 7.57. The van der Waals surface area contributed by atoms with Crippen LogP contribution in [0.5, 0.6) is 0 Å². The van der Waals surface area contributed by atoms with Crippen LogP contribution in [0, 0.1) is 0 Å². The van der Waals surface area contributed by atoms with E-state index in [-0.39, 0.29) is 12.4 Å². The third kappa shape index (κ3) is 13.1. The molecule has 2 rings (SSSR count). The Morgan fingerprint density at radius 1 is 0.639 bits per heavy atom. The van der Waals surface area contributed by atoms with Gasteiger partial charge in [-0.3, -0.25) is 4.48 Å². The number of nitrogens with zero attached hydrogens (tertiary/aromatic N) is 1. The average molecular weight is 520 g/mol. The van der Waals surface area contributed by atoms with Crippen molar-refractivity contribution in [1.82, 2.24) is 0 Å². The number of hydrogen-bond acceptors (Lipinski definition) is 1. The molecule has 1 aliphatic rings. The van der Waals surface area contributed by atoms with Gasteiger partial charge < -0.3 is 12.4 Å². The molecule has 0 saturated heterocycles. The van der Waals surface area contributed by atoms with E-state index < -0.39 is 0 Å². The van der Waals surface area contributed by atoms with Crippen LogP contribution in [0.15, 0.2) is 24.3 Å². The van der Waals surface area contributed by atoms with Gasteiger partial charge in [0.05, 0.1) is 19.5 Å². The molecule has 1 heterocycles. The molecule has 1 aromatic carbocycles. The molecule has 1 aromatic rings. The number of fused-ring (bicyclic) bond motifs is 1. The fourth-order valence-corrected chi connectivity index (χ4v) is 5.95. The van der Waals surface area contributed by atoms with Crippen molar-refractivity contribution in [1.29, 1.82) is 0 Å². The lowest BCUT2D eigenvalue weighted by Crippen LogP contribution is -3.00. The predicted molar refractivity (Wildman–Crippen MR) is 153 cm³/mol. The van der Waals surface area contributed by atoms with Crippen LogP contribution in [0.3, 0.4) is 0 Å². The van der Waals surface area contributed by atoms with Gasteiger partial charge in [-0.05, 0) is 24.8 Å². The highest BCUT2D eigenvalue weighted by Gasteiger charge is 2.38. The zero-order chi connectivity index (χ0) is 25.0. The summed E-state index contributed by atoms with van der Waals surface area (Å²) in [5.41, 5.74) is 2.89.